The summed E-state index contributed by atoms with van der Waals surface area (Å²) in [6.07, 6.45) is 4.26. The van der Waals surface area contributed by atoms with Crippen molar-refractivity contribution >= 4 is 11.5 Å². The summed E-state index contributed by atoms with van der Waals surface area (Å²) in [4.78, 5) is 7.29. The largest absolute Gasteiger partial charge is 0.384 e. The average molecular weight is 316 g/mol. The Hall–Kier alpha value is -1.70. The van der Waals surface area contributed by atoms with Crippen LogP contribution in [0.5, 0.6) is 0 Å². The fourth-order valence-corrected chi connectivity index (χ4v) is 3.48. The number of nitrogen functional groups attached to an aromatic ring is 1. The number of hydrogen-bond donors (Lipinski definition) is 2. The van der Waals surface area contributed by atoms with Crippen LogP contribution in [0.1, 0.15) is 30.0 Å². The number of nitrogens with zero attached hydrogens (tertiary/aromatic N) is 4. The summed E-state index contributed by atoms with van der Waals surface area (Å²) in [6, 6.07) is 1.98. The third kappa shape index (κ3) is 3.04. The minimum absolute atomic E-state index is 0.446. The Labute approximate surface area is 135 Å². The molecular weight excluding hydrogens is 292 g/mol. The van der Waals surface area contributed by atoms with E-state index >= 15 is 0 Å². The molecule has 0 bridgehead atoms. The van der Waals surface area contributed by atoms with Crippen LogP contribution >= 0.6 is 0 Å². The van der Waals surface area contributed by atoms with Gasteiger partial charge in [-0.2, -0.15) is 9.61 Å². The summed E-state index contributed by atoms with van der Waals surface area (Å²) in [5, 5.41) is 7.88. The Balaban J connectivity index is 1.64. The summed E-state index contributed by atoms with van der Waals surface area (Å²) in [7, 11) is 0. The predicted octanol–water partition coefficient (Wildman–Crippen LogP) is 0.611. The molecule has 0 saturated carbocycles. The van der Waals surface area contributed by atoms with Gasteiger partial charge in [-0.15, -0.1) is 0 Å². The minimum Gasteiger partial charge on any atom is -0.384 e. The topological polar surface area (TPSA) is 80.7 Å². The fourth-order valence-electron chi connectivity index (χ4n) is 3.48. The lowest BCUT2D eigenvalue weighted by Gasteiger charge is -2.26. The van der Waals surface area contributed by atoms with Crippen LogP contribution in [0, 0.1) is 0 Å². The van der Waals surface area contributed by atoms with Crippen LogP contribution in [-0.2, 0) is 11.3 Å². The molecule has 2 aliphatic rings. The second kappa shape index (κ2) is 6.43. The van der Waals surface area contributed by atoms with E-state index in [0.717, 1.165) is 62.8 Å². The fraction of sp³-hybridized carbons (Fsp3) is 0.625. The summed E-state index contributed by atoms with van der Waals surface area (Å²) < 4.78 is 7.18. The highest BCUT2D eigenvalue weighted by Crippen LogP contribution is 2.25. The molecule has 3 N–H and O–H groups in total. The maximum Gasteiger partial charge on any atom is 0.162 e. The summed E-state index contributed by atoms with van der Waals surface area (Å²) in [5.74, 6) is 1.12. The molecule has 2 saturated heterocycles. The first-order valence-corrected chi connectivity index (χ1v) is 8.45. The Morgan fingerprint density at radius 2 is 2.22 bits per heavy atom. The lowest BCUT2D eigenvalue weighted by atomic mass is 9.96. The lowest BCUT2D eigenvalue weighted by molar-refractivity contribution is 0.0343. The Kier molecular flexibility index (Phi) is 4.15. The first-order chi connectivity index (χ1) is 11.3. The summed E-state index contributed by atoms with van der Waals surface area (Å²) >= 11 is 0. The first-order valence-electron chi connectivity index (χ1n) is 8.45. The third-order valence-corrected chi connectivity index (χ3v) is 4.81. The number of morpholine rings is 1. The number of aromatic nitrogens is 3. The van der Waals surface area contributed by atoms with Gasteiger partial charge in [0.1, 0.15) is 5.82 Å². The standard InChI is InChI=1S/C16H24N6O/c17-15-8-14(12-2-1-3-18-9-12)20-16-13(10-19-22(15)16)11-21-4-6-23-7-5-21/h8,10,12,18H,1-7,9,11,17H2. The van der Waals surface area contributed by atoms with Crippen molar-refractivity contribution in [2.75, 3.05) is 45.1 Å². The maximum absolute atomic E-state index is 6.22. The van der Waals surface area contributed by atoms with E-state index in [9.17, 15) is 0 Å². The van der Waals surface area contributed by atoms with Crippen LogP contribution in [0.2, 0.25) is 0 Å². The molecule has 2 aromatic rings. The molecule has 0 spiro atoms. The van der Waals surface area contributed by atoms with Crippen LogP contribution in [0.4, 0.5) is 5.82 Å². The van der Waals surface area contributed by atoms with E-state index in [2.05, 4.69) is 15.3 Å². The molecular formula is C16H24N6O. The van der Waals surface area contributed by atoms with Crippen molar-refractivity contribution in [2.45, 2.75) is 25.3 Å². The van der Waals surface area contributed by atoms with Crippen LogP contribution < -0.4 is 11.1 Å². The molecule has 1 unspecified atom stereocenters. The van der Waals surface area contributed by atoms with Gasteiger partial charge in [0.2, 0.25) is 0 Å². The van der Waals surface area contributed by atoms with Gasteiger partial charge in [-0.3, -0.25) is 4.90 Å². The monoisotopic (exact) mass is 316 g/mol. The number of rotatable bonds is 3. The second-order valence-corrected chi connectivity index (χ2v) is 6.44. The number of nitrogens with one attached hydrogen (secondary N) is 1. The van der Waals surface area contributed by atoms with Gasteiger partial charge in [0, 0.05) is 43.7 Å². The number of nitrogens with two attached hydrogens (primary N) is 1. The number of ether oxygens (including phenoxy) is 1. The molecule has 7 heteroatoms. The van der Waals surface area contributed by atoms with Crippen LogP contribution in [0.25, 0.3) is 5.65 Å². The quantitative estimate of drug-likeness (QED) is 0.864. The van der Waals surface area contributed by atoms with E-state index in [1.54, 1.807) is 4.52 Å². The zero-order valence-electron chi connectivity index (χ0n) is 13.4. The van der Waals surface area contributed by atoms with Crippen molar-refractivity contribution in [2.24, 2.45) is 0 Å². The Bertz CT molecular complexity index is 673. The van der Waals surface area contributed by atoms with E-state index in [4.69, 9.17) is 15.5 Å². The van der Waals surface area contributed by atoms with Gasteiger partial charge in [-0.05, 0) is 19.4 Å². The SMILES string of the molecule is Nc1cc(C2CCCNC2)nc2c(CN3CCOCC3)cnn12. The van der Waals surface area contributed by atoms with E-state index in [1.807, 2.05) is 12.3 Å². The molecule has 2 aliphatic heterocycles. The summed E-state index contributed by atoms with van der Waals surface area (Å²) in [5.41, 5.74) is 9.35. The van der Waals surface area contributed by atoms with Crippen LogP contribution in [-0.4, -0.2) is 58.9 Å². The van der Waals surface area contributed by atoms with Gasteiger partial charge in [0.15, 0.2) is 5.65 Å². The van der Waals surface area contributed by atoms with Gasteiger partial charge in [0.05, 0.1) is 25.1 Å². The minimum atomic E-state index is 0.446. The molecule has 0 aromatic carbocycles. The molecule has 0 amide bonds. The molecule has 1 atom stereocenters. The highest BCUT2D eigenvalue weighted by Gasteiger charge is 2.20. The zero-order valence-corrected chi connectivity index (χ0v) is 13.4. The first kappa shape index (κ1) is 14.9. The normalized spacial score (nSPS) is 23.4. The number of piperidine rings is 1. The average Bonchev–Trinajstić information content (AvgIpc) is 3.00. The zero-order chi connectivity index (χ0) is 15.6. The van der Waals surface area contributed by atoms with Crippen molar-refractivity contribution in [3.8, 4) is 0 Å². The van der Waals surface area contributed by atoms with E-state index in [0.29, 0.717) is 11.7 Å². The van der Waals surface area contributed by atoms with Crippen molar-refractivity contribution in [3.05, 3.63) is 23.5 Å². The van der Waals surface area contributed by atoms with Crippen LogP contribution in [0.3, 0.4) is 0 Å². The van der Waals surface area contributed by atoms with Crippen molar-refractivity contribution in [1.29, 1.82) is 0 Å². The Morgan fingerprint density at radius 3 is 3.00 bits per heavy atom. The van der Waals surface area contributed by atoms with Crippen molar-refractivity contribution < 1.29 is 4.74 Å². The van der Waals surface area contributed by atoms with Gasteiger partial charge in [-0.25, -0.2) is 4.98 Å². The van der Waals surface area contributed by atoms with Crippen molar-refractivity contribution in [1.82, 2.24) is 24.8 Å². The second-order valence-electron chi connectivity index (χ2n) is 6.44. The Morgan fingerprint density at radius 1 is 1.35 bits per heavy atom. The van der Waals surface area contributed by atoms with Gasteiger partial charge < -0.3 is 15.8 Å². The molecule has 0 aliphatic carbocycles. The molecule has 23 heavy (non-hydrogen) atoms. The third-order valence-electron chi connectivity index (χ3n) is 4.81. The van der Waals surface area contributed by atoms with Gasteiger partial charge in [0.25, 0.3) is 0 Å². The van der Waals surface area contributed by atoms with Gasteiger partial charge >= 0.3 is 0 Å². The number of hydrogen-bond acceptors (Lipinski definition) is 6. The highest BCUT2D eigenvalue weighted by molar-refractivity contribution is 5.53. The maximum atomic E-state index is 6.22. The molecule has 4 heterocycles. The molecule has 0 radical (unpaired) electrons. The smallest absolute Gasteiger partial charge is 0.162 e. The molecule has 7 nitrogen and oxygen atoms in total. The van der Waals surface area contributed by atoms with Crippen molar-refractivity contribution in [3.63, 3.8) is 0 Å². The molecule has 124 valence electrons. The number of anilines is 1. The lowest BCUT2D eigenvalue weighted by Crippen LogP contribution is -2.35. The molecule has 2 aromatic heterocycles. The van der Waals surface area contributed by atoms with Gasteiger partial charge in [-0.1, -0.05) is 0 Å². The van der Waals surface area contributed by atoms with E-state index in [1.165, 1.54) is 12.8 Å². The van der Waals surface area contributed by atoms with Crippen LogP contribution in [0.15, 0.2) is 12.3 Å². The highest BCUT2D eigenvalue weighted by atomic mass is 16.5. The molecule has 4 rings (SSSR count). The van der Waals surface area contributed by atoms with E-state index < -0.39 is 0 Å². The predicted molar refractivity (Wildman–Crippen MR) is 88.3 cm³/mol. The van der Waals surface area contributed by atoms with E-state index in [-0.39, 0.29) is 0 Å². The number of fused-ring (bicyclic) bond motifs is 1. The molecule has 2 fully saturated rings. The summed E-state index contributed by atoms with van der Waals surface area (Å²) in [6.45, 7) is 6.45.